The Hall–Kier alpha value is -3.21. The van der Waals surface area contributed by atoms with Crippen molar-refractivity contribution in [2.75, 3.05) is 5.32 Å². The van der Waals surface area contributed by atoms with Crippen LogP contribution in [0, 0.1) is 0 Å². The van der Waals surface area contributed by atoms with Crippen LogP contribution in [0.5, 0.6) is 0 Å². The second kappa shape index (κ2) is 7.19. The van der Waals surface area contributed by atoms with Crippen LogP contribution in [-0.4, -0.2) is 21.5 Å². The fraction of sp³-hybridized carbons (Fsp3) is 0.227. The van der Waals surface area contributed by atoms with Crippen LogP contribution in [0.25, 0.3) is 0 Å². The van der Waals surface area contributed by atoms with Crippen molar-refractivity contribution in [1.29, 1.82) is 0 Å². The van der Waals surface area contributed by atoms with Gasteiger partial charge in [0, 0.05) is 17.2 Å². The molecule has 1 atom stereocenters. The molecule has 0 spiro atoms. The number of fused-ring (bicyclic) bond motifs is 1. The highest BCUT2D eigenvalue weighted by molar-refractivity contribution is 6.04. The summed E-state index contributed by atoms with van der Waals surface area (Å²) in [4.78, 5) is 24.0. The lowest BCUT2D eigenvalue weighted by Gasteiger charge is -2.27. The number of ketones is 1. The molecule has 136 valence electrons. The number of nitrogens with one attached hydrogen (secondary N) is 1. The van der Waals surface area contributed by atoms with Gasteiger partial charge in [0.25, 0.3) is 5.91 Å². The lowest BCUT2D eigenvalue weighted by molar-refractivity contribution is 0.100. The number of aryl methyl sites for hydroxylation is 1. The molecule has 1 unspecified atom stereocenters. The van der Waals surface area contributed by atoms with Crippen molar-refractivity contribution in [3.8, 4) is 0 Å². The number of carbonyl (C=O) groups is 2. The van der Waals surface area contributed by atoms with Crippen LogP contribution in [-0.2, 0) is 6.42 Å². The van der Waals surface area contributed by atoms with Crippen molar-refractivity contribution >= 4 is 17.5 Å². The molecule has 0 saturated heterocycles. The Morgan fingerprint density at radius 2 is 1.78 bits per heavy atom. The number of hydrogen-bond acceptors (Lipinski definition) is 3. The molecular weight excluding hydrogens is 338 g/mol. The molecule has 0 radical (unpaired) electrons. The molecule has 2 aromatic carbocycles. The number of aromatic nitrogens is 2. The lowest BCUT2D eigenvalue weighted by Crippen LogP contribution is -2.22. The van der Waals surface area contributed by atoms with Crippen LogP contribution in [0.15, 0.2) is 60.8 Å². The van der Waals surface area contributed by atoms with E-state index in [1.165, 1.54) is 18.1 Å². The second-order valence-corrected chi connectivity index (χ2v) is 6.86. The van der Waals surface area contributed by atoms with E-state index in [1.54, 1.807) is 30.5 Å². The molecule has 0 aliphatic heterocycles. The number of carbonyl (C=O) groups excluding carboxylic acids is 2. The highest BCUT2D eigenvalue weighted by Gasteiger charge is 2.24. The Bertz CT molecular complexity index is 989. The summed E-state index contributed by atoms with van der Waals surface area (Å²) in [5.41, 5.74) is 3.72. The molecule has 1 aromatic heterocycles. The summed E-state index contributed by atoms with van der Waals surface area (Å²) < 4.78 is 1.90. The molecule has 0 fully saturated rings. The molecule has 1 aliphatic carbocycles. The minimum atomic E-state index is -0.212. The first-order valence-electron chi connectivity index (χ1n) is 9.17. The largest absolute Gasteiger partial charge is 0.307 e. The first-order chi connectivity index (χ1) is 13.1. The van der Waals surface area contributed by atoms with Crippen molar-refractivity contribution in [3.63, 3.8) is 0 Å². The Balaban J connectivity index is 1.58. The highest BCUT2D eigenvalue weighted by Crippen LogP contribution is 2.34. The zero-order chi connectivity index (χ0) is 18.8. The van der Waals surface area contributed by atoms with Gasteiger partial charge in [-0.25, -0.2) is 4.68 Å². The van der Waals surface area contributed by atoms with Crippen LogP contribution in [0.4, 0.5) is 5.82 Å². The Labute approximate surface area is 158 Å². The van der Waals surface area contributed by atoms with Gasteiger partial charge in [0.05, 0.1) is 12.2 Å². The molecule has 4 rings (SSSR count). The van der Waals surface area contributed by atoms with Crippen LogP contribution in [0.1, 0.15) is 57.7 Å². The maximum Gasteiger partial charge on any atom is 0.256 e. The molecule has 27 heavy (non-hydrogen) atoms. The highest BCUT2D eigenvalue weighted by atomic mass is 16.1. The predicted molar refractivity (Wildman–Crippen MR) is 104 cm³/mol. The first kappa shape index (κ1) is 17.2. The third kappa shape index (κ3) is 3.40. The van der Waals surface area contributed by atoms with Gasteiger partial charge in [0.2, 0.25) is 0 Å². The summed E-state index contributed by atoms with van der Waals surface area (Å²) >= 11 is 0. The predicted octanol–water partition coefficient (Wildman–Crippen LogP) is 4.26. The maximum atomic E-state index is 12.6. The van der Waals surface area contributed by atoms with E-state index in [9.17, 15) is 9.59 Å². The molecule has 1 aliphatic rings. The van der Waals surface area contributed by atoms with Crippen molar-refractivity contribution in [2.24, 2.45) is 0 Å². The van der Waals surface area contributed by atoms with Gasteiger partial charge in [-0.05, 0) is 49.4 Å². The molecule has 1 N–H and O–H groups in total. The molecule has 0 saturated carbocycles. The van der Waals surface area contributed by atoms with Crippen LogP contribution >= 0.6 is 0 Å². The number of benzene rings is 2. The van der Waals surface area contributed by atoms with E-state index in [-0.39, 0.29) is 17.7 Å². The fourth-order valence-electron chi connectivity index (χ4n) is 3.69. The van der Waals surface area contributed by atoms with E-state index >= 15 is 0 Å². The summed E-state index contributed by atoms with van der Waals surface area (Å²) in [5.74, 6) is 0.448. The number of nitrogens with zero attached hydrogens (tertiary/aromatic N) is 2. The molecule has 1 amide bonds. The number of Topliss-reactive ketones (excluding diaryl/α,β-unsaturated/α-hetero) is 1. The maximum absolute atomic E-state index is 12.6. The van der Waals surface area contributed by atoms with Crippen molar-refractivity contribution in [1.82, 2.24) is 9.78 Å². The standard InChI is InChI=1S/C22H21N3O2/c1-15(26)16-9-11-18(12-10-16)22(27)24-21-13-14-23-25(21)20-8-4-6-17-5-2-3-7-19(17)20/h2-3,5,7,9-14,20H,4,6,8H2,1H3,(H,24,27). The number of rotatable bonds is 4. The van der Waals surface area contributed by atoms with Crippen molar-refractivity contribution in [3.05, 3.63) is 83.0 Å². The van der Waals surface area contributed by atoms with Gasteiger partial charge in [-0.15, -0.1) is 0 Å². The van der Waals surface area contributed by atoms with Gasteiger partial charge in [0.1, 0.15) is 5.82 Å². The van der Waals surface area contributed by atoms with E-state index < -0.39 is 0 Å². The van der Waals surface area contributed by atoms with E-state index in [0.717, 1.165) is 19.3 Å². The normalized spacial score (nSPS) is 15.8. The summed E-state index contributed by atoms with van der Waals surface area (Å²) in [6, 6.07) is 17.1. The van der Waals surface area contributed by atoms with Gasteiger partial charge in [-0.2, -0.15) is 5.10 Å². The van der Waals surface area contributed by atoms with Crippen molar-refractivity contribution in [2.45, 2.75) is 32.2 Å². The average Bonchev–Trinajstić information content (AvgIpc) is 3.15. The van der Waals surface area contributed by atoms with Crippen LogP contribution in [0.3, 0.4) is 0 Å². The third-order valence-electron chi connectivity index (χ3n) is 5.10. The third-order valence-corrected chi connectivity index (χ3v) is 5.10. The monoisotopic (exact) mass is 359 g/mol. The molecule has 0 bridgehead atoms. The minimum Gasteiger partial charge on any atom is -0.307 e. The topological polar surface area (TPSA) is 64.0 Å². The van der Waals surface area contributed by atoms with E-state index in [1.807, 2.05) is 10.7 Å². The zero-order valence-corrected chi connectivity index (χ0v) is 15.2. The van der Waals surface area contributed by atoms with Crippen LogP contribution < -0.4 is 5.32 Å². The number of anilines is 1. The zero-order valence-electron chi connectivity index (χ0n) is 15.2. The smallest absolute Gasteiger partial charge is 0.256 e. The fourth-order valence-corrected chi connectivity index (χ4v) is 3.69. The molecule has 5 heteroatoms. The Kier molecular flexibility index (Phi) is 4.59. The van der Waals surface area contributed by atoms with Gasteiger partial charge >= 0.3 is 0 Å². The lowest BCUT2D eigenvalue weighted by atomic mass is 9.88. The molecule has 3 aromatic rings. The van der Waals surface area contributed by atoms with E-state index in [2.05, 4.69) is 34.7 Å². The first-order valence-corrected chi connectivity index (χ1v) is 9.17. The summed E-state index contributed by atoms with van der Waals surface area (Å²) in [6.45, 7) is 1.51. The SMILES string of the molecule is CC(=O)c1ccc(C(=O)Nc2ccnn2C2CCCc3ccccc32)cc1. The molecular formula is C22H21N3O2. The molecule has 1 heterocycles. The summed E-state index contributed by atoms with van der Waals surface area (Å²) in [5, 5.41) is 7.44. The van der Waals surface area contributed by atoms with Crippen LogP contribution in [0.2, 0.25) is 0 Å². The second-order valence-electron chi connectivity index (χ2n) is 6.86. The average molecular weight is 359 g/mol. The Morgan fingerprint density at radius 1 is 1.04 bits per heavy atom. The number of amides is 1. The Morgan fingerprint density at radius 3 is 2.56 bits per heavy atom. The van der Waals surface area contributed by atoms with E-state index in [0.29, 0.717) is 16.9 Å². The van der Waals surface area contributed by atoms with Gasteiger partial charge in [0.15, 0.2) is 5.78 Å². The van der Waals surface area contributed by atoms with Gasteiger partial charge in [-0.1, -0.05) is 36.4 Å². The van der Waals surface area contributed by atoms with Crippen molar-refractivity contribution < 1.29 is 9.59 Å². The van der Waals surface area contributed by atoms with Gasteiger partial charge < -0.3 is 5.32 Å². The number of hydrogen-bond donors (Lipinski definition) is 1. The molecule has 5 nitrogen and oxygen atoms in total. The quantitative estimate of drug-likeness (QED) is 0.708. The summed E-state index contributed by atoms with van der Waals surface area (Å²) in [7, 11) is 0. The van der Waals surface area contributed by atoms with E-state index in [4.69, 9.17) is 0 Å². The van der Waals surface area contributed by atoms with Gasteiger partial charge in [-0.3, -0.25) is 9.59 Å². The summed E-state index contributed by atoms with van der Waals surface area (Å²) in [6.07, 6.45) is 4.89. The minimum absolute atomic E-state index is 0.0176.